The smallest absolute Gasteiger partial charge is 0.258 e. The van der Waals surface area contributed by atoms with E-state index in [1.54, 1.807) is 4.90 Å². The van der Waals surface area contributed by atoms with Gasteiger partial charge in [-0.25, -0.2) is 4.39 Å². The SMILES string of the molecule is O=C(c1c(Cl)ccc(Br)c1F)N1CCOCC1. The zero-order valence-electron chi connectivity index (χ0n) is 8.88. The van der Waals surface area contributed by atoms with E-state index >= 15 is 0 Å². The fourth-order valence-corrected chi connectivity index (χ4v) is 2.20. The highest BCUT2D eigenvalue weighted by molar-refractivity contribution is 9.10. The van der Waals surface area contributed by atoms with Gasteiger partial charge in [-0.2, -0.15) is 0 Å². The Morgan fingerprint density at radius 3 is 2.71 bits per heavy atom. The largest absolute Gasteiger partial charge is 0.378 e. The van der Waals surface area contributed by atoms with Crippen LogP contribution in [0.5, 0.6) is 0 Å². The van der Waals surface area contributed by atoms with E-state index in [2.05, 4.69) is 15.9 Å². The van der Waals surface area contributed by atoms with Gasteiger partial charge >= 0.3 is 0 Å². The van der Waals surface area contributed by atoms with Crippen LogP contribution in [0, 0.1) is 5.82 Å². The number of ether oxygens (including phenoxy) is 1. The second kappa shape index (κ2) is 5.33. The fraction of sp³-hybridized carbons (Fsp3) is 0.364. The summed E-state index contributed by atoms with van der Waals surface area (Å²) in [6.07, 6.45) is 0. The lowest BCUT2D eigenvalue weighted by molar-refractivity contribution is 0.0300. The van der Waals surface area contributed by atoms with E-state index < -0.39 is 11.7 Å². The van der Waals surface area contributed by atoms with Gasteiger partial charge in [-0.3, -0.25) is 4.79 Å². The molecular weight excluding hydrogens is 312 g/mol. The van der Waals surface area contributed by atoms with Gasteiger partial charge in [0, 0.05) is 13.1 Å². The lowest BCUT2D eigenvalue weighted by Crippen LogP contribution is -2.41. The van der Waals surface area contributed by atoms with Crippen molar-refractivity contribution in [2.75, 3.05) is 26.3 Å². The summed E-state index contributed by atoms with van der Waals surface area (Å²) in [6.45, 7) is 1.86. The predicted molar refractivity (Wildman–Crippen MR) is 65.8 cm³/mol. The van der Waals surface area contributed by atoms with Gasteiger partial charge in [0.05, 0.1) is 28.3 Å². The first-order valence-corrected chi connectivity index (χ1v) is 6.29. The van der Waals surface area contributed by atoms with Crippen molar-refractivity contribution in [2.24, 2.45) is 0 Å². The molecule has 0 radical (unpaired) electrons. The van der Waals surface area contributed by atoms with Crippen molar-refractivity contribution in [3.63, 3.8) is 0 Å². The van der Waals surface area contributed by atoms with Crippen molar-refractivity contribution in [3.05, 3.63) is 33.0 Å². The van der Waals surface area contributed by atoms with Crippen LogP contribution in [-0.4, -0.2) is 37.1 Å². The summed E-state index contributed by atoms with van der Waals surface area (Å²) in [7, 11) is 0. The molecule has 1 aromatic rings. The summed E-state index contributed by atoms with van der Waals surface area (Å²) in [4.78, 5) is 13.7. The Hall–Kier alpha value is -0.650. The van der Waals surface area contributed by atoms with Gasteiger partial charge < -0.3 is 9.64 Å². The molecule has 0 aromatic heterocycles. The zero-order chi connectivity index (χ0) is 12.4. The van der Waals surface area contributed by atoms with Gasteiger partial charge in [0.1, 0.15) is 0 Å². The van der Waals surface area contributed by atoms with E-state index in [-0.39, 0.29) is 15.1 Å². The van der Waals surface area contributed by atoms with Crippen LogP contribution in [0.1, 0.15) is 10.4 Å². The third-order valence-corrected chi connectivity index (χ3v) is 3.48. The molecule has 1 saturated heterocycles. The quantitative estimate of drug-likeness (QED) is 0.744. The second-order valence-corrected chi connectivity index (χ2v) is 4.88. The van der Waals surface area contributed by atoms with E-state index in [1.807, 2.05) is 0 Å². The number of hydrogen-bond donors (Lipinski definition) is 0. The average molecular weight is 323 g/mol. The molecule has 0 atom stereocenters. The van der Waals surface area contributed by atoms with Crippen molar-refractivity contribution in [1.82, 2.24) is 4.90 Å². The molecule has 1 heterocycles. The van der Waals surface area contributed by atoms with Crippen LogP contribution in [-0.2, 0) is 4.74 Å². The number of carbonyl (C=O) groups excluding carboxylic acids is 1. The highest BCUT2D eigenvalue weighted by Crippen LogP contribution is 2.27. The molecule has 1 amide bonds. The standard InChI is InChI=1S/C11H10BrClFNO2/c12-7-1-2-8(13)9(10(7)14)11(16)15-3-5-17-6-4-15/h1-2H,3-6H2. The summed E-state index contributed by atoms with van der Waals surface area (Å²) in [5, 5.41) is 0.127. The Balaban J connectivity index is 2.32. The maximum Gasteiger partial charge on any atom is 0.258 e. The minimum absolute atomic E-state index is 0.0806. The number of carbonyl (C=O) groups is 1. The molecule has 3 nitrogen and oxygen atoms in total. The third-order valence-electron chi connectivity index (χ3n) is 2.56. The Kier molecular flexibility index (Phi) is 4.01. The van der Waals surface area contributed by atoms with Gasteiger partial charge in [-0.1, -0.05) is 11.6 Å². The summed E-state index contributed by atoms with van der Waals surface area (Å²) in [6, 6.07) is 2.98. The van der Waals surface area contributed by atoms with E-state index in [0.29, 0.717) is 26.3 Å². The number of amides is 1. The van der Waals surface area contributed by atoms with E-state index in [0.717, 1.165) is 0 Å². The minimum Gasteiger partial charge on any atom is -0.378 e. The first-order chi connectivity index (χ1) is 8.11. The van der Waals surface area contributed by atoms with E-state index in [4.69, 9.17) is 16.3 Å². The van der Waals surface area contributed by atoms with Gasteiger partial charge in [-0.15, -0.1) is 0 Å². The third kappa shape index (κ3) is 2.61. The number of hydrogen-bond acceptors (Lipinski definition) is 2. The predicted octanol–water partition coefficient (Wildman–Crippen LogP) is 2.71. The summed E-state index contributed by atoms with van der Waals surface area (Å²) in [5.74, 6) is -1.01. The lowest BCUT2D eigenvalue weighted by atomic mass is 10.1. The first kappa shape index (κ1) is 12.8. The Labute approximate surface area is 112 Å². The highest BCUT2D eigenvalue weighted by Gasteiger charge is 2.24. The summed E-state index contributed by atoms with van der Waals surface area (Å²) >= 11 is 8.92. The molecule has 92 valence electrons. The van der Waals surface area contributed by atoms with Crippen LogP contribution in [0.25, 0.3) is 0 Å². The molecule has 1 aromatic carbocycles. The molecule has 0 saturated carbocycles. The molecular formula is C11H10BrClFNO2. The van der Waals surface area contributed by atoms with Crippen molar-refractivity contribution < 1.29 is 13.9 Å². The maximum absolute atomic E-state index is 13.9. The lowest BCUT2D eigenvalue weighted by Gasteiger charge is -2.27. The highest BCUT2D eigenvalue weighted by atomic mass is 79.9. The molecule has 1 fully saturated rings. The Morgan fingerprint density at radius 1 is 1.41 bits per heavy atom. The Morgan fingerprint density at radius 2 is 2.06 bits per heavy atom. The number of halogens is 3. The molecule has 0 unspecified atom stereocenters. The van der Waals surface area contributed by atoms with Crippen LogP contribution in [0.15, 0.2) is 16.6 Å². The molecule has 0 aliphatic carbocycles. The molecule has 1 aliphatic rings. The number of benzene rings is 1. The normalized spacial score (nSPS) is 16.1. The fourth-order valence-electron chi connectivity index (χ4n) is 1.65. The van der Waals surface area contributed by atoms with Gasteiger partial charge in [0.25, 0.3) is 5.91 Å². The molecule has 17 heavy (non-hydrogen) atoms. The van der Waals surface area contributed by atoms with Crippen LogP contribution in [0.4, 0.5) is 4.39 Å². The average Bonchev–Trinajstić information content (AvgIpc) is 2.35. The van der Waals surface area contributed by atoms with Crippen LogP contribution in [0.2, 0.25) is 5.02 Å². The molecule has 0 spiro atoms. The monoisotopic (exact) mass is 321 g/mol. The van der Waals surface area contributed by atoms with Gasteiger partial charge in [-0.05, 0) is 28.1 Å². The van der Waals surface area contributed by atoms with Crippen LogP contribution in [0.3, 0.4) is 0 Å². The number of nitrogens with zero attached hydrogens (tertiary/aromatic N) is 1. The Bertz CT molecular complexity index is 449. The van der Waals surface area contributed by atoms with Crippen molar-refractivity contribution in [2.45, 2.75) is 0 Å². The molecule has 0 bridgehead atoms. The summed E-state index contributed by atoms with van der Waals surface area (Å²) < 4.78 is 19.2. The number of morpholine rings is 1. The second-order valence-electron chi connectivity index (χ2n) is 3.62. The maximum atomic E-state index is 13.9. The van der Waals surface area contributed by atoms with Gasteiger partial charge in [0.2, 0.25) is 0 Å². The zero-order valence-corrected chi connectivity index (χ0v) is 11.2. The molecule has 2 rings (SSSR count). The van der Waals surface area contributed by atoms with Crippen molar-refractivity contribution in [1.29, 1.82) is 0 Å². The van der Waals surface area contributed by atoms with Gasteiger partial charge in [0.15, 0.2) is 5.82 Å². The van der Waals surface area contributed by atoms with Crippen LogP contribution < -0.4 is 0 Å². The van der Waals surface area contributed by atoms with Crippen molar-refractivity contribution in [3.8, 4) is 0 Å². The number of rotatable bonds is 1. The van der Waals surface area contributed by atoms with E-state index in [1.165, 1.54) is 12.1 Å². The molecule has 0 N–H and O–H groups in total. The molecule has 1 aliphatic heterocycles. The first-order valence-electron chi connectivity index (χ1n) is 5.12. The minimum atomic E-state index is -0.617. The van der Waals surface area contributed by atoms with E-state index in [9.17, 15) is 9.18 Å². The molecule has 6 heteroatoms. The summed E-state index contributed by atoms with van der Waals surface area (Å²) in [5.41, 5.74) is -0.0806. The van der Waals surface area contributed by atoms with Crippen molar-refractivity contribution >= 4 is 33.4 Å². The topological polar surface area (TPSA) is 29.5 Å². The van der Waals surface area contributed by atoms with Crippen LogP contribution >= 0.6 is 27.5 Å².